The molecule has 4 aliphatic carbocycles. The number of halogens is 1. The summed E-state index contributed by atoms with van der Waals surface area (Å²) in [6.07, 6.45) is 13.9. The molecule has 4 rings (SSSR count). The van der Waals surface area contributed by atoms with Gasteiger partial charge in [-0.2, -0.15) is 4.39 Å². The van der Waals surface area contributed by atoms with Gasteiger partial charge < -0.3 is 9.84 Å². The molecule has 1 N–H and O–H groups in total. The molecular weight excluding hydrogens is 379 g/mol. The number of carboxylic acid groups (broad SMARTS) is 1. The van der Waals surface area contributed by atoms with Gasteiger partial charge in [-0.3, -0.25) is 0 Å². The highest BCUT2D eigenvalue weighted by atomic mass is 19.1. The number of fused-ring (bicyclic) bond motifs is 5. The lowest BCUT2D eigenvalue weighted by Crippen LogP contribution is -2.51. The van der Waals surface area contributed by atoms with Crippen LogP contribution >= 0.6 is 0 Å². The van der Waals surface area contributed by atoms with E-state index < -0.39 is 11.8 Å². The van der Waals surface area contributed by atoms with Crippen LogP contribution in [0.25, 0.3) is 0 Å². The van der Waals surface area contributed by atoms with Crippen LogP contribution in [0.2, 0.25) is 0 Å². The van der Waals surface area contributed by atoms with Gasteiger partial charge in [-0.25, -0.2) is 4.79 Å². The number of carboxylic acids is 1. The van der Waals surface area contributed by atoms with Crippen LogP contribution in [0.4, 0.5) is 4.39 Å². The molecule has 30 heavy (non-hydrogen) atoms. The minimum absolute atomic E-state index is 0.147. The van der Waals surface area contributed by atoms with E-state index in [1.54, 1.807) is 7.11 Å². The molecular formula is C26H37FO3. The second-order valence-electron chi connectivity index (χ2n) is 10.5. The Balaban J connectivity index is 1.77. The molecule has 4 aliphatic rings. The van der Waals surface area contributed by atoms with Crippen molar-refractivity contribution in [1.29, 1.82) is 0 Å². The maximum Gasteiger partial charge on any atom is 0.364 e. The van der Waals surface area contributed by atoms with Crippen LogP contribution in [0.15, 0.2) is 34.9 Å². The first-order chi connectivity index (χ1) is 14.3. The Morgan fingerprint density at radius 3 is 2.60 bits per heavy atom. The van der Waals surface area contributed by atoms with Gasteiger partial charge in [-0.15, -0.1) is 0 Å². The number of hydrogen-bond donors (Lipinski definition) is 1. The minimum atomic E-state index is -1.39. The molecule has 0 aromatic heterocycles. The Kier molecular flexibility index (Phi) is 5.65. The van der Waals surface area contributed by atoms with E-state index in [0.717, 1.165) is 37.9 Å². The van der Waals surface area contributed by atoms with Crippen LogP contribution in [0.5, 0.6) is 0 Å². The second kappa shape index (κ2) is 7.84. The summed E-state index contributed by atoms with van der Waals surface area (Å²) < 4.78 is 20.2. The third-order valence-electron chi connectivity index (χ3n) is 9.30. The summed E-state index contributed by atoms with van der Waals surface area (Å²) in [6, 6.07) is 0. The summed E-state index contributed by atoms with van der Waals surface area (Å²) in [6.45, 7) is 6.83. The summed E-state index contributed by atoms with van der Waals surface area (Å²) in [7, 11) is 1.77. The zero-order chi connectivity index (χ0) is 21.7. The lowest BCUT2D eigenvalue weighted by Gasteiger charge is -2.58. The van der Waals surface area contributed by atoms with E-state index in [0.29, 0.717) is 35.7 Å². The summed E-state index contributed by atoms with van der Waals surface area (Å²) in [4.78, 5) is 11.4. The van der Waals surface area contributed by atoms with Crippen molar-refractivity contribution in [2.45, 2.75) is 78.6 Å². The monoisotopic (exact) mass is 416 g/mol. The largest absolute Gasteiger partial charge is 0.501 e. The Morgan fingerprint density at radius 1 is 1.20 bits per heavy atom. The highest BCUT2D eigenvalue weighted by molar-refractivity contribution is 5.85. The molecule has 0 aromatic rings. The SMILES string of the molecule is CCCC[C@H]1C=C2C=C(OC)CC[C@]2(C)[C@H]2CC[C@]3(C)C(=C(F)C(=O)O)CC[C@H]3[C@H]12. The maximum atomic E-state index is 14.6. The van der Waals surface area contributed by atoms with Crippen molar-refractivity contribution in [3.05, 3.63) is 34.9 Å². The van der Waals surface area contributed by atoms with Crippen molar-refractivity contribution >= 4 is 5.97 Å². The van der Waals surface area contributed by atoms with E-state index in [1.165, 1.54) is 24.8 Å². The fraction of sp³-hybridized carbons (Fsp3) is 0.731. The lowest BCUT2D eigenvalue weighted by atomic mass is 9.46. The van der Waals surface area contributed by atoms with Crippen molar-refractivity contribution in [3.63, 3.8) is 0 Å². The van der Waals surface area contributed by atoms with Crippen molar-refractivity contribution < 1.29 is 19.0 Å². The molecule has 0 bridgehead atoms. The van der Waals surface area contributed by atoms with E-state index in [9.17, 15) is 14.3 Å². The van der Waals surface area contributed by atoms with Crippen LogP contribution in [-0.4, -0.2) is 18.2 Å². The third-order valence-corrected chi connectivity index (χ3v) is 9.30. The highest BCUT2D eigenvalue weighted by Crippen LogP contribution is 2.67. The molecule has 0 saturated heterocycles. The van der Waals surface area contributed by atoms with E-state index in [1.807, 2.05) is 0 Å². The predicted molar refractivity (Wildman–Crippen MR) is 116 cm³/mol. The summed E-state index contributed by atoms with van der Waals surface area (Å²) in [5.74, 6) is 0.774. The first kappa shape index (κ1) is 21.6. The second-order valence-corrected chi connectivity index (χ2v) is 10.5. The summed E-state index contributed by atoms with van der Waals surface area (Å²) >= 11 is 0. The van der Waals surface area contributed by atoms with Crippen molar-refractivity contribution in [1.82, 2.24) is 0 Å². The van der Waals surface area contributed by atoms with E-state index in [2.05, 4.69) is 32.9 Å². The average Bonchev–Trinajstić information content (AvgIpc) is 3.08. The Morgan fingerprint density at radius 2 is 1.93 bits per heavy atom. The first-order valence-electron chi connectivity index (χ1n) is 11.9. The van der Waals surface area contributed by atoms with Crippen LogP contribution in [0, 0.1) is 34.5 Å². The molecule has 166 valence electrons. The van der Waals surface area contributed by atoms with Gasteiger partial charge in [0.15, 0.2) is 0 Å². The molecule has 0 spiro atoms. The molecule has 0 amide bonds. The van der Waals surface area contributed by atoms with Crippen molar-refractivity contribution in [3.8, 4) is 0 Å². The van der Waals surface area contributed by atoms with Gasteiger partial charge in [0.25, 0.3) is 0 Å². The van der Waals surface area contributed by atoms with Crippen LogP contribution in [0.1, 0.15) is 78.6 Å². The molecule has 0 heterocycles. The maximum absolute atomic E-state index is 14.6. The standard InChI is InChI=1S/C26H37FO3/c1-5-6-7-16-14-17-15-18(30-4)10-12-25(17,2)20-11-13-26(3)19(22(16)20)8-9-21(26)23(27)24(28)29/h14-16,19-20,22H,5-13H2,1-4H3,(H,28,29)/t16-,19-,20-,22-,25-,26-/m0/s1. The number of unbranched alkanes of at least 4 members (excludes halogenated alkanes) is 1. The van der Waals surface area contributed by atoms with Gasteiger partial charge >= 0.3 is 5.97 Å². The van der Waals surface area contributed by atoms with Gasteiger partial charge in [0, 0.05) is 6.42 Å². The van der Waals surface area contributed by atoms with Crippen LogP contribution in [-0.2, 0) is 9.53 Å². The molecule has 0 unspecified atom stereocenters. The molecule has 0 aliphatic heterocycles. The number of allylic oxidation sites excluding steroid dienone is 5. The summed E-state index contributed by atoms with van der Waals surface area (Å²) in [5, 5.41) is 9.33. The molecule has 3 nitrogen and oxygen atoms in total. The highest BCUT2D eigenvalue weighted by Gasteiger charge is 2.59. The summed E-state index contributed by atoms with van der Waals surface area (Å²) in [5.41, 5.74) is 1.87. The Labute approximate surface area is 180 Å². The minimum Gasteiger partial charge on any atom is -0.501 e. The van der Waals surface area contributed by atoms with Gasteiger partial charge in [0.1, 0.15) is 0 Å². The van der Waals surface area contributed by atoms with Gasteiger partial charge in [-0.05, 0) is 90.2 Å². The fourth-order valence-electron chi connectivity index (χ4n) is 7.63. The molecule has 4 heteroatoms. The number of ether oxygens (including phenoxy) is 1. The number of carbonyl (C=O) groups is 1. The number of aliphatic carboxylic acids is 1. The van der Waals surface area contributed by atoms with Gasteiger partial charge in [0.05, 0.1) is 12.9 Å². The van der Waals surface area contributed by atoms with Gasteiger partial charge in [0.2, 0.25) is 5.83 Å². The van der Waals surface area contributed by atoms with E-state index in [4.69, 9.17) is 4.74 Å². The van der Waals surface area contributed by atoms with Crippen LogP contribution < -0.4 is 0 Å². The normalized spacial score (nSPS) is 41.8. The zero-order valence-corrected chi connectivity index (χ0v) is 19.0. The molecule has 2 saturated carbocycles. The molecule has 6 atom stereocenters. The first-order valence-corrected chi connectivity index (χ1v) is 11.9. The van der Waals surface area contributed by atoms with Crippen LogP contribution in [0.3, 0.4) is 0 Å². The molecule has 2 fully saturated rings. The lowest BCUT2D eigenvalue weighted by molar-refractivity contribution is -0.134. The molecule has 0 radical (unpaired) electrons. The number of hydrogen-bond acceptors (Lipinski definition) is 2. The number of methoxy groups -OCH3 is 1. The van der Waals surface area contributed by atoms with Gasteiger partial charge in [-0.1, -0.05) is 39.7 Å². The predicted octanol–water partition coefficient (Wildman–Crippen LogP) is 6.81. The average molecular weight is 417 g/mol. The van der Waals surface area contributed by atoms with Crippen molar-refractivity contribution in [2.24, 2.45) is 34.5 Å². The third kappa shape index (κ3) is 3.17. The number of rotatable bonds is 5. The molecule has 0 aromatic carbocycles. The van der Waals surface area contributed by atoms with E-state index >= 15 is 0 Å². The van der Waals surface area contributed by atoms with E-state index in [-0.39, 0.29) is 10.8 Å². The Bertz CT molecular complexity index is 809. The Hall–Kier alpha value is -1.58. The van der Waals surface area contributed by atoms with Crippen molar-refractivity contribution in [2.75, 3.05) is 7.11 Å². The quantitative estimate of drug-likeness (QED) is 0.501. The zero-order valence-electron chi connectivity index (χ0n) is 19.0. The topological polar surface area (TPSA) is 46.5 Å². The smallest absolute Gasteiger partial charge is 0.364 e. The fourth-order valence-corrected chi connectivity index (χ4v) is 7.63.